The first-order valence-electron chi connectivity index (χ1n) is 14.4. The summed E-state index contributed by atoms with van der Waals surface area (Å²) in [5.74, 6) is -2.95. The Morgan fingerprint density at radius 1 is 0.489 bits per heavy atom. The lowest BCUT2D eigenvalue weighted by Crippen LogP contribution is -2.14. The monoisotopic (exact) mass is 591 g/mol. The van der Waals surface area contributed by atoms with Crippen molar-refractivity contribution in [1.82, 2.24) is 0 Å². The molecule has 7 aromatic carbocycles. The number of carbonyl (C=O) groups is 4. The van der Waals surface area contributed by atoms with E-state index in [2.05, 4.69) is 5.32 Å². The van der Waals surface area contributed by atoms with Crippen molar-refractivity contribution in [2.45, 2.75) is 12.8 Å². The minimum atomic E-state index is -1.18. The average molecular weight is 592 g/mol. The van der Waals surface area contributed by atoms with E-state index in [9.17, 15) is 29.4 Å². The van der Waals surface area contributed by atoms with E-state index in [0.717, 1.165) is 5.56 Å². The Hall–Kier alpha value is -6.08. The van der Waals surface area contributed by atoms with E-state index in [-0.39, 0.29) is 34.3 Å². The molecule has 0 spiro atoms. The molecule has 7 rings (SSSR count). The summed E-state index contributed by atoms with van der Waals surface area (Å²) < 4.78 is 0. The van der Waals surface area contributed by atoms with E-state index in [0.29, 0.717) is 55.4 Å². The lowest BCUT2D eigenvalue weighted by molar-refractivity contribution is 0.0688. The first-order valence-corrected chi connectivity index (χ1v) is 14.4. The zero-order valence-electron chi connectivity index (χ0n) is 23.8. The van der Waals surface area contributed by atoms with E-state index in [1.54, 1.807) is 60.7 Å². The maximum atomic E-state index is 13.7. The third-order valence-corrected chi connectivity index (χ3v) is 8.42. The molecular formula is C38H25NO6. The van der Waals surface area contributed by atoms with Crippen LogP contribution in [0.5, 0.6) is 0 Å². The van der Waals surface area contributed by atoms with Crippen LogP contribution in [0.15, 0.2) is 109 Å². The molecule has 218 valence electrons. The highest BCUT2D eigenvalue weighted by Crippen LogP contribution is 2.44. The van der Waals surface area contributed by atoms with Crippen LogP contribution in [0, 0.1) is 0 Å². The van der Waals surface area contributed by atoms with Crippen LogP contribution < -0.4 is 5.32 Å². The molecule has 0 saturated heterocycles. The minimum absolute atomic E-state index is 0.0133. The van der Waals surface area contributed by atoms with Gasteiger partial charge in [-0.2, -0.15) is 0 Å². The summed E-state index contributed by atoms with van der Waals surface area (Å²) in [6.07, 6.45) is 0.717. The molecule has 0 aliphatic heterocycles. The zero-order valence-corrected chi connectivity index (χ0v) is 23.8. The van der Waals surface area contributed by atoms with Gasteiger partial charge in [-0.25, -0.2) is 9.59 Å². The highest BCUT2D eigenvalue weighted by atomic mass is 16.4. The van der Waals surface area contributed by atoms with Crippen molar-refractivity contribution in [1.29, 1.82) is 0 Å². The van der Waals surface area contributed by atoms with Crippen LogP contribution in [-0.4, -0.2) is 33.8 Å². The number of amides is 1. The molecule has 0 aliphatic carbocycles. The molecule has 0 heterocycles. The summed E-state index contributed by atoms with van der Waals surface area (Å²) in [4.78, 5) is 52.2. The molecule has 45 heavy (non-hydrogen) atoms. The van der Waals surface area contributed by atoms with Crippen molar-refractivity contribution in [2.75, 3.05) is 5.32 Å². The molecular weight excluding hydrogens is 566 g/mol. The summed E-state index contributed by atoms with van der Waals surface area (Å²) >= 11 is 0. The number of para-hydroxylation sites is 1. The Bertz CT molecular complexity index is 2310. The van der Waals surface area contributed by atoms with E-state index < -0.39 is 17.8 Å². The highest BCUT2D eigenvalue weighted by molar-refractivity contribution is 6.38. The first kappa shape index (κ1) is 27.7. The topological polar surface area (TPSA) is 121 Å². The largest absolute Gasteiger partial charge is 0.478 e. The molecule has 0 unspecified atom stereocenters. The van der Waals surface area contributed by atoms with Crippen molar-refractivity contribution in [3.63, 3.8) is 0 Å². The Morgan fingerprint density at radius 2 is 0.933 bits per heavy atom. The van der Waals surface area contributed by atoms with E-state index in [4.69, 9.17) is 0 Å². The molecule has 3 N–H and O–H groups in total. The van der Waals surface area contributed by atoms with Gasteiger partial charge in [0.2, 0.25) is 0 Å². The number of carbonyl (C=O) groups excluding carboxylic acids is 2. The first-order chi connectivity index (χ1) is 21.8. The second kappa shape index (κ2) is 10.9. The van der Waals surface area contributed by atoms with Gasteiger partial charge >= 0.3 is 11.9 Å². The van der Waals surface area contributed by atoms with Crippen molar-refractivity contribution < 1.29 is 29.4 Å². The van der Waals surface area contributed by atoms with Gasteiger partial charge in [0, 0.05) is 34.0 Å². The molecule has 0 atom stereocenters. The van der Waals surface area contributed by atoms with Crippen molar-refractivity contribution in [2.24, 2.45) is 0 Å². The molecule has 1 amide bonds. The lowest BCUT2D eigenvalue weighted by atomic mass is 9.83. The highest BCUT2D eigenvalue weighted by Gasteiger charge is 2.25. The van der Waals surface area contributed by atoms with Gasteiger partial charge < -0.3 is 15.5 Å². The number of anilines is 1. The van der Waals surface area contributed by atoms with Gasteiger partial charge in [0.05, 0.1) is 11.1 Å². The number of ketones is 1. The van der Waals surface area contributed by atoms with Crippen LogP contribution in [-0.2, 0) is 6.42 Å². The third-order valence-electron chi connectivity index (χ3n) is 8.42. The summed E-state index contributed by atoms with van der Waals surface area (Å²) in [6, 6.07) is 31.7. The van der Waals surface area contributed by atoms with Crippen molar-refractivity contribution in [3.8, 4) is 0 Å². The zero-order chi connectivity index (χ0) is 31.2. The number of hydrogen-bond acceptors (Lipinski definition) is 4. The van der Waals surface area contributed by atoms with Crippen molar-refractivity contribution in [3.05, 3.63) is 137 Å². The minimum Gasteiger partial charge on any atom is -0.478 e. The van der Waals surface area contributed by atoms with E-state index >= 15 is 0 Å². The van der Waals surface area contributed by atoms with Crippen LogP contribution in [0.3, 0.4) is 0 Å². The Morgan fingerprint density at radius 3 is 1.44 bits per heavy atom. The average Bonchev–Trinajstić information content (AvgIpc) is 3.06. The number of Topliss-reactive ketones (excluding diaryl/α,β-unsaturated/α-hetero) is 1. The maximum absolute atomic E-state index is 13.7. The fraction of sp³-hybridized carbons (Fsp3) is 0.0526. The van der Waals surface area contributed by atoms with Crippen LogP contribution in [0.2, 0.25) is 0 Å². The third kappa shape index (κ3) is 4.62. The quantitative estimate of drug-likeness (QED) is 0.0931. The summed E-state index contributed by atoms with van der Waals surface area (Å²) in [5, 5.41) is 27.7. The predicted molar refractivity (Wildman–Crippen MR) is 175 cm³/mol. The van der Waals surface area contributed by atoms with Crippen LogP contribution in [0.4, 0.5) is 5.69 Å². The number of aryl methyl sites for hydroxylation is 1. The number of nitrogens with one attached hydrogen (secondary N) is 1. The second-order valence-corrected chi connectivity index (χ2v) is 11.0. The number of benzene rings is 7. The molecule has 7 nitrogen and oxygen atoms in total. The number of carboxylic acids is 2. The fourth-order valence-corrected chi connectivity index (χ4v) is 6.42. The number of rotatable bonds is 8. The normalized spacial score (nSPS) is 11.4. The Kier molecular flexibility index (Phi) is 6.71. The molecule has 0 bridgehead atoms. The van der Waals surface area contributed by atoms with Gasteiger partial charge in [0.25, 0.3) is 5.91 Å². The molecule has 7 heteroatoms. The van der Waals surface area contributed by atoms with Gasteiger partial charge in [0.1, 0.15) is 0 Å². The van der Waals surface area contributed by atoms with Gasteiger partial charge in [-0.1, -0.05) is 78.9 Å². The summed E-state index contributed by atoms with van der Waals surface area (Å²) in [5.41, 5.74) is 2.09. The number of fused-ring (bicyclic) bond motifs is 2. The Balaban J connectivity index is 1.49. The number of hydrogen-bond donors (Lipinski definition) is 3. The van der Waals surface area contributed by atoms with Gasteiger partial charge in [-0.3, -0.25) is 9.59 Å². The Labute approximate surface area is 256 Å². The smallest absolute Gasteiger partial charge is 0.336 e. The molecule has 0 aliphatic rings. The van der Waals surface area contributed by atoms with E-state index in [1.807, 2.05) is 36.4 Å². The van der Waals surface area contributed by atoms with Gasteiger partial charge in [-0.05, 0) is 74.6 Å². The molecule has 0 radical (unpaired) electrons. The molecule has 7 aromatic rings. The molecule has 0 aromatic heterocycles. The van der Waals surface area contributed by atoms with Crippen molar-refractivity contribution >= 4 is 72.4 Å². The molecule has 0 saturated carbocycles. The molecule has 0 fully saturated rings. The van der Waals surface area contributed by atoms with Crippen LogP contribution in [0.25, 0.3) is 43.1 Å². The van der Waals surface area contributed by atoms with Crippen LogP contribution in [0.1, 0.15) is 53.4 Å². The second-order valence-electron chi connectivity index (χ2n) is 11.0. The van der Waals surface area contributed by atoms with Gasteiger partial charge in [0.15, 0.2) is 5.78 Å². The van der Waals surface area contributed by atoms with Crippen LogP contribution >= 0.6 is 0 Å². The van der Waals surface area contributed by atoms with Gasteiger partial charge in [-0.15, -0.1) is 0 Å². The number of carboxylic acid groups (broad SMARTS) is 2. The summed E-state index contributed by atoms with van der Waals surface area (Å²) in [6.45, 7) is 0. The standard InChI is InChI=1S/C38H25NO6/c40-31(20-11-21-7-3-1-4-8-21)27-16-12-23-26-15-19-30(38(44)45)35-28(36(41)39-22-9-5-2-6-10-22)17-13-24(33(26)35)25-14-18-29(37(42)43)34(27)32(23)25/h1-10,12-19H,11,20H2,(H,39,41)(H,42,43)(H,44,45). The van der Waals surface area contributed by atoms with E-state index in [1.165, 1.54) is 12.1 Å². The SMILES string of the molecule is O=C(O)c1ccc2c3ccc(C(=O)Nc4ccccc4)c4c(C(=O)O)ccc(c5ccc(C(=O)CCc6ccccc6)c1c52)c43. The fourth-order valence-electron chi connectivity index (χ4n) is 6.42. The summed E-state index contributed by atoms with van der Waals surface area (Å²) in [7, 11) is 0. The predicted octanol–water partition coefficient (Wildman–Crippen LogP) is 8.20. The maximum Gasteiger partial charge on any atom is 0.336 e. The number of aromatic carboxylic acids is 2. The lowest BCUT2D eigenvalue weighted by Gasteiger charge is -2.19.